The van der Waals surface area contributed by atoms with E-state index in [0.717, 1.165) is 10.6 Å². The molecule has 0 unspecified atom stereocenters. The first-order valence-electron chi connectivity index (χ1n) is 8.64. The highest BCUT2D eigenvalue weighted by atomic mass is 32.2. The summed E-state index contributed by atoms with van der Waals surface area (Å²) in [6.07, 6.45) is 2.82. The first-order chi connectivity index (χ1) is 13.6. The van der Waals surface area contributed by atoms with Crippen molar-refractivity contribution in [3.8, 4) is 11.5 Å². The Morgan fingerprint density at radius 3 is 2.57 bits per heavy atom. The smallest absolute Gasteiger partial charge is 0.331 e. The average Bonchev–Trinajstić information content (AvgIpc) is 2.74. The molecule has 2 rings (SSSR count). The van der Waals surface area contributed by atoms with Gasteiger partial charge in [-0.05, 0) is 30.3 Å². The molecule has 0 fully saturated rings. The summed E-state index contributed by atoms with van der Waals surface area (Å²) in [5.74, 6) is 1.01. The van der Waals surface area contributed by atoms with Crippen LogP contribution in [0.3, 0.4) is 0 Å². The van der Waals surface area contributed by atoms with Crippen LogP contribution in [-0.2, 0) is 14.3 Å². The molecule has 0 aliphatic rings. The van der Waals surface area contributed by atoms with E-state index in [1.165, 1.54) is 13.2 Å². The van der Waals surface area contributed by atoms with Gasteiger partial charge in [0.1, 0.15) is 11.5 Å². The number of hydrogen-bond acceptors (Lipinski definition) is 6. The molecule has 0 atom stereocenters. The van der Waals surface area contributed by atoms with Gasteiger partial charge >= 0.3 is 5.97 Å². The van der Waals surface area contributed by atoms with E-state index in [1.54, 1.807) is 43.1 Å². The van der Waals surface area contributed by atoms with Gasteiger partial charge in [-0.15, -0.1) is 11.8 Å². The molecule has 0 radical (unpaired) electrons. The molecule has 0 saturated carbocycles. The maximum atomic E-state index is 11.8. The van der Waals surface area contributed by atoms with Crippen molar-refractivity contribution < 1.29 is 23.8 Å². The SMILES string of the molecule is COc1ccc(/C=C/C(=O)OCC(=O)NCCSc2ccccc2)c(OC)c1. The van der Waals surface area contributed by atoms with Crippen molar-refractivity contribution in [1.29, 1.82) is 0 Å². The fraction of sp³-hybridized carbons (Fsp3) is 0.238. The number of rotatable bonds is 10. The summed E-state index contributed by atoms with van der Waals surface area (Å²) >= 11 is 1.64. The van der Waals surface area contributed by atoms with Crippen LogP contribution in [0.25, 0.3) is 6.08 Å². The number of esters is 1. The lowest BCUT2D eigenvalue weighted by molar-refractivity contribution is -0.143. The number of methoxy groups -OCH3 is 2. The summed E-state index contributed by atoms with van der Waals surface area (Å²) in [6, 6.07) is 15.2. The maximum Gasteiger partial charge on any atom is 0.331 e. The minimum absolute atomic E-state index is 0.321. The first-order valence-corrected chi connectivity index (χ1v) is 9.62. The fourth-order valence-electron chi connectivity index (χ4n) is 2.23. The highest BCUT2D eigenvalue weighted by molar-refractivity contribution is 7.99. The Kier molecular flexibility index (Phi) is 8.94. The zero-order valence-electron chi connectivity index (χ0n) is 15.8. The highest BCUT2D eigenvalue weighted by Gasteiger charge is 2.06. The van der Waals surface area contributed by atoms with Crippen molar-refractivity contribution in [2.45, 2.75) is 4.90 Å². The monoisotopic (exact) mass is 401 g/mol. The first kappa shape index (κ1) is 21.4. The van der Waals surface area contributed by atoms with Gasteiger partial charge in [-0.3, -0.25) is 4.79 Å². The molecule has 28 heavy (non-hydrogen) atoms. The predicted molar refractivity (Wildman–Crippen MR) is 110 cm³/mol. The Morgan fingerprint density at radius 1 is 1.07 bits per heavy atom. The lowest BCUT2D eigenvalue weighted by Crippen LogP contribution is -2.30. The number of hydrogen-bond donors (Lipinski definition) is 1. The third kappa shape index (κ3) is 7.36. The Balaban J connectivity index is 1.70. The summed E-state index contributed by atoms with van der Waals surface area (Å²) in [5.41, 5.74) is 0.697. The summed E-state index contributed by atoms with van der Waals surface area (Å²) in [6.45, 7) is 0.174. The van der Waals surface area contributed by atoms with Crippen LogP contribution < -0.4 is 14.8 Å². The van der Waals surface area contributed by atoms with Crippen LogP contribution in [0.15, 0.2) is 59.5 Å². The van der Waals surface area contributed by atoms with E-state index in [4.69, 9.17) is 14.2 Å². The molecule has 1 amide bonds. The molecular weight excluding hydrogens is 378 g/mol. The number of nitrogens with one attached hydrogen (secondary N) is 1. The van der Waals surface area contributed by atoms with Crippen LogP contribution in [0.5, 0.6) is 11.5 Å². The molecule has 148 valence electrons. The van der Waals surface area contributed by atoms with Crippen molar-refractivity contribution in [2.24, 2.45) is 0 Å². The van der Waals surface area contributed by atoms with Crippen molar-refractivity contribution in [1.82, 2.24) is 5.32 Å². The largest absolute Gasteiger partial charge is 0.497 e. The lowest BCUT2D eigenvalue weighted by Gasteiger charge is -2.07. The van der Waals surface area contributed by atoms with Gasteiger partial charge in [0.05, 0.1) is 14.2 Å². The Hall–Kier alpha value is -2.93. The molecule has 2 aromatic carbocycles. The quantitative estimate of drug-likeness (QED) is 0.285. The standard InChI is InChI=1S/C21H23NO5S/c1-25-17-10-8-16(19(14-17)26-2)9-11-21(24)27-15-20(23)22-12-13-28-18-6-4-3-5-7-18/h3-11,14H,12-13,15H2,1-2H3,(H,22,23)/b11-9+. The molecule has 1 N–H and O–H groups in total. The van der Waals surface area contributed by atoms with Gasteiger partial charge < -0.3 is 19.5 Å². The molecular formula is C21H23NO5S. The van der Waals surface area contributed by atoms with Crippen LogP contribution in [0.1, 0.15) is 5.56 Å². The summed E-state index contributed by atoms with van der Waals surface area (Å²) in [4.78, 5) is 24.7. The average molecular weight is 401 g/mol. The van der Waals surface area contributed by atoms with Crippen LogP contribution in [0.2, 0.25) is 0 Å². The lowest BCUT2D eigenvalue weighted by atomic mass is 10.2. The highest BCUT2D eigenvalue weighted by Crippen LogP contribution is 2.25. The molecule has 0 aliphatic carbocycles. The predicted octanol–water partition coefficient (Wildman–Crippen LogP) is 3.17. The van der Waals surface area contributed by atoms with E-state index in [-0.39, 0.29) is 12.5 Å². The Bertz CT molecular complexity index is 808. The third-order valence-corrected chi connectivity index (χ3v) is 4.64. The molecule has 0 saturated heterocycles. The second kappa shape index (κ2) is 11.7. The van der Waals surface area contributed by atoms with Gasteiger partial charge in [0.25, 0.3) is 5.91 Å². The zero-order valence-corrected chi connectivity index (χ0v) is 16.7. The maximum absolute atomic E-state index is 11.8. The number of thioether (sulfide) groups is 1. The van der Waals surface area contributed by atoms with Crippen molar-refractivity contribution in [2.75, 3.05) is 33.1 Å². The Labute approximate surface area is 168 Å². The van der Waals surface area contributed by atoms with Gasteiger partial charge in [0, 0.05) is 34.9 Å². The molecule has 0 aromatic heterocycles. The van der Waals surface area contributed by atoms with E-state index in [9.17, 15) is 9.59 Å². The molecule has 7 heteroatoms. The van der Waals surface area contributed by atoms with E-state index in [0.29, 0.717) is 23.6 Å². The van der Waals surface area contributed by atoms with E-state index in [1.807, 2.05) is 30.3 Å². The molecule has 0 heterocycles. The number of amides is 1. The summed E-state index contributed by atoms with van der Waals surface area (Å²) in [5, 5.41) is 2.72. The van der Waals surface area contributed by atoms with Crippen molar-refractivity contribution >= 4 is 29.7 Å². The molecule has 6 nitrogen and oxygen atoms in total. The van der Waals surface area contributed by atoms with Crippen molar-refractivity contribution in [3.05, 3.63) is 60.2 Å². The van der Waals surface area contributed by atoms with Gasteiger partial charge in [-0.1, -0.05) is 18.2 Å². The zero-order chi connectivity index (χ0) is 20.2. The Morgan fingerprint density at radius 2 is 1.86 bits per heavy atom. The van der Waals surface area contributed by atoms with Crippen LogP contribution in [-0.4, -0.2) is 45.0 Å². The van der Waals surface area contributed by atoms with E-state index < -0.39 is 5.97 Å². The van der Waals surface area contributed by atoms with Crippen LogP contribution in [0, 0.1) is 0 Å². The molecule has 0 aliphatic heterocycles. The third-order valence-electron chi connectivity index (χ3n) is 3.62. The van der Waals surface area contributed by atoms with E-state index >= 15 is 0 Å². The summed E-state index contributed by atoms with van der Waals surface area (Å²) < 4.78 is 15.3. The van der Waals surface area contributed by atoms with E-state index in [2.05, 4.69) is 5.32 Å². The number of benzene rings is 2. The number of ether oxygens (including phenoxy) is 3. The molecule has 2 aromatic rings. The topological polar surface area (TPSA) is 73.9 Å². The number of carbonyl (C=O) groups is 2. The van der Waals surface area contributed by atoms with Gasteiger partial charge in [-0.25, -0.2) is 4.79 Å². The van der Waals surface area contributed by atoms with Crippen LogP contribution >= 0.6 is 11.8 Å². The van der Waals surface area contributed by atoms with Crippen LogP contribution in [0.4, 0.5) is 0 Å². The molecule has 0 bridgehead atoms. The number of carbonyl (C=O) groups excluding carboxylic acids is 2. The van der Waals surface area contributed by atoms with Crippen molar-refractivity contribution in [3.63, 3.8) is 0 Å². The second-order valence-corrected chi connectivity index (χ2v) is 6.73. The second-order valence-electron chi connectivity index (χ2n) is 5.56. The summed E-state index contributed by atoms with van der Waals surface area (Å²) in [7, 11) is 3.10. The van der Waals surface area contributed by atoms with Gasteiger partial charge in [0.15, 0.2) is 6.61 Å². The minimum Gasteiger partial charge on any atom is -0.497 e. The molecule has 0 spiro atoms. The normalized spacial score (nSPS) is 10.5. The van der Waals surface area contributed by atoms with Gasteiger partial charge in [-0.2, -0.15) is 0 Å². The van der Waals surface area contributed by atoms with Gasteiger partial charge in [0.2, 0.25) is 0 Å². The fourth-order valence-corrected chi connectivity index (χ4v) is 3.02. The minimum atomic E-state index is -0.605.